The van der Waals surface area contributed by atoms with Gasteiger partial charge in [-0.3, -0.25) is 0 Å². The molecule has 0 atom stereocenters. The first-order valence-corrected chi connectivity index (χ1v) is 6.62. The maximum absolute atomic E-state index is 4.60. The summed E-state index contributed by atoms with van der Waals surface area (Å²) in [5.74, 6) is 0.954. The van der Waals surface area contributed by atoms with Gasteiger partial charge < -0.3 is 9.88 Å². The summed E-state index contributed by atoms with van der Waals surface area (Å²) in [6.07, 6.45) is 0. The lowest BCUT2D eigenvalue weighted by atomic mass is 10.3. The first-order chi connectivity index (χ1) is 7.72. The van der Waals surface area contributed by atoms with Gasteiger partial charge in [0.2, 0.25) is 5.95 Å². The first kappa shape index (κ1) is 11.5. The fourth-order valence-corrected chi connectivity index (χ4v) is 2.16. The van der Waals surface area contributed by atoms with Crippen molar-refractivity contribution >= 4 is 32.9 Å². The monoisotopic (exact) mass is 281 g/mol. The zero-order chi connectivity index (χ0) is 11.5. The number of rotatable bonds is 4. The van der Waals surface area contributed by atoms with E-state index in [9.17, 15) is 0 Å². The van der Waals surface area contributed by atoms with Crippen LogP contribution in [0.25, 0.3) is 11.0 Å². The molecule has 0 saturated carbocycles. The van der Waals surface area contributed by atoms with Crippen molar-refractivity contribution in [1.29, 1.82) is 0 Å². The van der Waals surface area contributed by atoms with E-state index in [0.717, 1.165) is 28.9 Å². The number of hydrogen-bond acceptors (Lipinski definition) is 2. The Hall–Kier alpha value is -1.03. The van der Waals surface area contributed by atoms with Crippen LogP contribution < -0.4 is 4.90 Å². The van der Waals surface area contributed by atoms with Crippen LogP contribution >= 0.6 is 15.9 Å². The van der Waals surface area contributed by atoms with Gasteiger partial charge in [-0.2, -0.15) is 0 Å². The second kappa shape index (κ2) is 4.87. The van der Waals surface area contributed by atoms with Crippen LogP contribution in [0, 0.1) is 0 Å². The normalized spacial score (nSPS) is 11.2. The van der Waals surface area contributed by atoms with E-state index in [1.54, 1.807) is 0 Å². The largest absolute Gasteiger partial charge is 0.339 e. The Labute approximate surface area is 104 Å². The number of aromatic nitrogens is 2. The lowest BCUT2D eigenvalue weighted by Crippen LogP contribution is -2.33. The summed E-state index contributed by atoms with van der Waals surface area (Å²) in [7, 11) is 0. The van der Waals surface area contributed by atoms with Crippen LogP contribution in [0.4, 0.5) is 5.95 Å². The smallest absolute Gasteiger partial charge is 0.204 e. The van der Waals surface area contributed by atoms with Gasteiger partial charge in [0.15, 0.2) is 0 Å². The number of aromatic amines is 1. The predicted molar refractivity (Wildman–Crippen MR) is 72.4 cm³/mol. The standard InChI is InChI=1S/C12H16BrN3/c1-9(2)16(8-7-13)12-14-10-5-3-4-6-11(10)15-12/h3-6,9H,7-8H2,1-2H3,(H,14,15). The molecule has 0 bridgehead atoms. The third-order valence-corrected chi connectivity index (χ3v) is 2.95. The molecular weight excluding hydrogens is 266 g/mol. The molecule has 0 radical (unpaired) electrons. The number of benzene rings is 1. The fourth-order valence-electron chi connectivity index (χ4n) is 1.78. The number of para-hydroxylation sites is 2. The number of fused-ring (bicyclic) bond motifs is 1. The average Bonchev–Trinajstić information content (AvgIpc) is 2.68. The molecule has 3 nitrogen and oxygen atoms in total. The van der Waals surface area contributed by atoms with Gasteiger partial charge in [-0.15, -0.1) is 0 Å². The number of nitrogens with one attached hydrogen (secondary N) is 1. The highest BCUT2D eigenvalue weighted by molar-refractivity contribution is 9.09. The van der Waals surface area contributed by atoms with Crippen molar-refractivity contribution in [3.05, 3.63) is 24.3 Å². The van der Waals surface area contributed by atoms with E-state index in [-0.39, 0.29) is 0 Å². The Morgan fingerprint density at radius 3 is 2.75 bits per heavy atom. The fraction of sp³-hybridized carbons (Fsp3) is 0.417. The third-order valence-electron chi connectivity index (χ3n) is 2.60. The Kier molecular flexibility index (Phi) is 3.49. The second-order valence-electron chi connectivity index (χ2n) is 4.05. The number of imidazole rings is 1. The summed E-state index contributed by atoms with van der Waals surface area (Å²) in [4.78, 5) is 10.2. The maximum atomic E-state index is 4.60. The third kappa shape index (κ3) is 2.21. The molecule has 1 heterocycles. The van der Waals surface area contributed by atoms with Gasteiger partial charge in [-0.1, -0.05) is 28.1 Å². The summed E-state index contributed by atoms with van der Waals surface area (Å²) in [6.45, 7) is 5.31. The SMILES string of the molecule is CC(C)N(CCBr)c1nc2ccccc2[nH]1. The zero-order valence-corrected chi connectivity index (χ0v) is 11.2. The van der Waals surface area contributed by atoms with Crippen molar-refractivity contribution in [3.63, 3.8) is 0 Å². The van der Waals surface area contributed by atoms with Crippen LogP contribution in [0.1, 0.15) is 13.8 Å². The molecule has 4 heteroatoms. The summed E-state index contributed by atoms with van der Waals surface area (Å²) < 4.78 is 0. The van der Waals surface area contributed by atoms with Gasteiger partial charge >= 0.3 is 0 Å². The second-order valence-corrected chi connectivity index (χ2v) is 4.85. The van der Waals surface area contributed by atoms with Crippen molar-refractivity contribution < 1.29 is 0 Å². The molecule has 0 aliphatic carbocycles. The van der Waals surface area contributed by atoms with E-state index in [2.05, 4.69) is 50.7 Å². The van der Waals surface area contributed by atoms with E-state index < -0.39 is 0 Å². The highest BCUT2D eigenvalue weighted by atomic mass is 79.9. The number of halogens is 1. The number of nitrogens with zero attached hydrogens (tertiary/aromatic N) is 2. The van der Waals surface area contributed by atoms with Gasteiger partial charge in [0.05, 0.1) is 11.0 Å². The Morgan fingerprint density at radius 2 is 2.12 bits per heavy atom. The summed E-state index contributed by atoms with van der Waals surface area (Å²) in [5.41, 5.74) is 2.12. The minimum absolute atomic E-state index is 0.443. The Bertz CT molecular complexity index is 431. The minimum atomic E-state index is 0.443. The van der Waals surface area contributed by atoms with Gasteiger partial charge in [0, 0.05) is 17.9 Å². The molecular formula is C12H16BrN3. The summed E-state index contributed by atoms with van der Waals surface area (Å²) >= 11 is 3.48. The van der Waals surface area contributed by atoms with Crippen molar-refractivity contribution in [2.75, 3.05) is 16.8 Å². The molecule has 1 aromatic carbocycles. The molecule has 2 rings (SSSR count). The van der Waals surface area contributed by atoms with Crippen LogP contribution in [0.2, 0.25) is 0 Å². The number of H-pyrrole nitrogens is 1. The number of hydrogen-bond donors (Lipinski definition) is 1. The van der Waals surface area contributed by atoms with Crippen LogP contribution in [0.15, 0.2) is 24.3 Å². The summed E-state index contributed by atoms with van der Waals surface area (Å²) in [5, 5.41) is 0.947. The minimum Gasteiger partial charge on any atom is -0.339 e. The lowest BCUT2D eigenvalue weighted by molar-refractivity contribution is 0.691. The Balaban J connectivity index is 2.37. The molecule has 0 spiro atoms. The van der Waals surface area contributed by atoms with Crippen molar-refractivity contribution in [2.24, 2.45) is 0 Å². The van der Waals surface area contributed by atoms with Crippen LogP contribution in [0.5, 0.6) is 0 Å². The predicted octanol–water partition coefficient (Wildman–Crippen LogP) is 3.17. The average molecular weight is 282 g/mol. The molecule has 16 heavy (non-hydrogen) atoms. The van der Waals surface area contributed by atoms with E-state index >= 15 is 0 Å². The molecule has 86 valence electrons. The quantitative estimate of drug-likeness (QED) is 0.873. The van der Waals surface area contributed by atoms with Crippen molar-refractivity contribution in [3.8, 4) is 0 Å². The van der Waals surface area contributed by atoms with Crippen molar-refractivity contribution in [2.45, 2.75) is 19.9 Å². The zero-order valence-electron chi connectivity index (χ0n) is 9.57. The lowest BCUT2D eigenvalue weighted by Gasteiger charge is -2.25. The molecule has 0 amide bonds. The van der Waals surface area contributed by atoms with Gasteiger partial charge in [0.25, 0.3) is 0 Å². The van der Waals surface area contributed by atoms with Crippen LogP contribution in [-0.2, 0) is 0 Å². The van der Waals surface area contributed by atoms with E-state index in [1.807, 2.05) is 18.2 Å². The van der Waals surface area contributed by atoms with E-state index in [1.165, 1.54) is 0 Å². The Morgan fingerprint density at radius 1 is 1.38 bits per heavy atom. The molecule has 2 aromatic rings. The van der Waals surface area contributed by atoms with Gasteiger partial charge in [-0.05, 0) is 26.0 Å². The van der Waals surface area contributed by atoms with Crippen molar-refractivity contribution in [1.82, 2.24) is 9.97 Å². The first-order valence-electron chi connectivity index (χ1n) is 5.49. The van der Waals surface area contributed by atoms with E-state index in [4.69, 9.17) is 0 Å². The topological polar surface area (TPSA) is 31.9 Å². The molecule has 0 aliphatic heterocycles. The summed E-state index contributed by atoms with van der Waals surface area (Å²) in [6, 6.07) is 8.56. The highest BCUT2D eigenvalue weighted by Crippen LogP contribution is 2.18. The number of anilines is 1. The highest BCUT2D eigenvalue weighted by Gasteiger charge is 2.13. The molecule has 0 unspecified atom stereocenters. The van der Waals surface area contributed by atoms with Crippen LogP contribution in [0.3, 0.4) is 0 Å². The molecule has 1 N–H and O–H groups in total. The van der Waals surface area contributed by atoms with E-state index in [0.29, 0.717) is 6.04 Å². The molecule has 1 aromatic heterocycles. The maximum Gasteiger partial charge on any atom is 0.204 e. The van der Waals surface area contributed by atoms with Gasteiger partial charge in [0.1, 0.15) is 0 Å². The molecule has 0 fully saturated rings. The molecule has 0 saturated heterocycles. The number of alkyl halides is 1. The molecule has 0 aliphatic rings. The van der Waals surface area contributed by atoms with Crippen LogP contribution in [-0.4, -0.2) is 27.9 Å². The van der Waals surface area contributed by atoms with Gasteiger partial charge in [-0.25, -0.2) is 4.98 Å².